The Morgan fingerprint density at radius 3 is 1.18 bits per heavy atom. The van der Waals surface area contributed by atoms with Crippen molar-refractivity contribution in [3.05, 3.63) is 24.3 Å². The molecule has 2 aliphatic heterocycles. The Labute approximate surface area is 170 Å². The van der Waals surface area contributed by atoms with Crippen molar-refractivity contribution in [3.63, 3.8) is 0 Å². The van der Waals surface area contributed by atoms with Gasteiger partial charge in [-0.15, -0.1) is 0 Å². The molecular formula is C18H30Au2P2+2. The molecule has 0 unspecified atom stereocenters. The molecule has 22 heavy (non-hydrogen) atoms. The second-order valence-corrected chi connectivity index (χ2v) is 14.1. The van der Waals surface area contributed by atoms with E-state index in [4.69, 9.17) is 0 Å². The van der Waals surface area contributed by atoms with Crippen LogP contribution in [0.4, 0.5) is 0 Å². The maximum Gasteiger partial charge on any atom is 0.133 e. The molecule has 0 N–H and O–H groups in total. The second kappa shape index (κ2) is 9.31. The van der Waals surface area contributed by atoms with Gasteiger partial charge in [0.25, 0.3) is 0 Å². The molecule has 0 amide bonds. The fourth-order valence-electron chi connectivity index (χ4n) is 4.64. The molecule has 0 aliphatic carbocycles. The van der Waals surface area contributed by atoms with Gasteiger partial charge in [0.05, 0.1) is 22.6 Å². The number of rotatable bonds is 2. The van der Waals surface area contributed by atoms with Crippen LogP contribution in [0.15, 0.2) is 24.3 Å². The van der Waals surface area contributed by atoms with Gasteiger partial charge in [0, 0.05) is 60.6 Å². The fraction of sp³-hybridized carbons (Fsp3) is 0.667. The van der Waals surface area contributed by atoms with Gasteiger partial charge in [-0.1, -0.05) is 12.1 Å². The summed E-state index contributed by atoms with van der Waals surface area (Å²) in [5.74, 6) is 0. The van der Waals surface area contributed by atoms with Gasteiger partial charge >= 0.3 is 0 Å². The summed E-state index contributed by atoms with van der Waals surface area (Å²) in [5.41, 5.74) is 3.91. The Morgan fingerprint density at radius 1 is 0.636 bits per heavy atom. The van der Waals surface area contributed by atoms with E-state index in [2.05, 4.69) is 52.0 Å². The average molecular weight is 702 g/mol. The van der Waals surface area contributed by atoms with Crippen molar-refractivity contribution in [2.24, 2.45) is 0 Å². The number of hydrogen-bond acceptors (Lipinski definition) is 0. The molecule has 0 spiro atoms. The summed E-state index contributed by atoms with van der Waals surface area (Å²) in [4.78, 5) is 0. The van der Waals surface area contributed by atoms with E-state index in [0.717, 1.165) is 22.6 Å². The summed E-state index contributed by atoms with van der Waals surface area (Å²) in [5, 5.41) is 3.67. The standard InChI is InChI=1S/C18H28P2.2Au/c1-13-9-10-14(2)19(13)17-7-5-6-8-18(17)20-15(3)11-12-16(20)4;;/h5-8,13-16H,9-12H2,1-4H3;;/p+2/t13-,14-,15-,16-;;/m1../s1. The largest absolute Gasteiger partial charge is 0.133 e. The van der Waals surface area contributed by atoms with Crippen LogP contribution >= 0.6 is 15.8 Å². The van der Waals surface area contributed by atoms with E-state index >= 15 is 0 Å². The third-order valence-corrected chi connectivity index (χ3v) is 13.5. The first-order valence-electron chi connectivity index (χ1n) is 8.42. The Kier molecular flexibility index (Phi) is 9.14. The van der Waals surface area contributed by atoms with Gasteiger partial charge < -0.3 is 0 Å². The molecule has 3 rings (SSSR count). The van der Waals surface area contributed by atoms with Crippen LogP contribution in [0.25, 0.3) is 0 Å². The first-order chi connectivity index (χ1) is 9.59. The third-order valence-electron chi connectivity index (χ3n) is 5.74. The Bertz CT molecular complexity index is 417. The van der Waals surface area contributed by atoms with E-state index < -0.39 is 0 Å². The van der Waals surface area contributed by atoms with Crippen LogP contribution in [0, 0.1) is 0 Å². The van der Waals surface area contributed by atoms with Crippen LogP contribution in [0.1, 0.15) is 53.4 Å². The smallest absolute Gasteiger partial charge is 0.0581 e. The Balaban J connectivity index is 0.00000121. The van der Waals surface area contributed by atoms with Gasteiger partial charge in [-0.05, 0) is 65.5 Å². The molecule has 1 aromatic carbocycles. The molecule has 2 aliphatic rings. The SMILES string of the molecule is C[C@@H]1CC[C@@H](C)[PH+]1c1ccccc1[PH+]1[C@H](C)CC[C@H]1C.[Au].[Au]. The summed E-state index contributed by atoms with van der Waals surface area (Å²) >= 11 is 0. The summed E-state index contributed by atoms with van der Waals surface area (Å²) < 4.78 is 0. The van der Waals surface area contributed by atoms with Crippen LogP contribution in [-0.4, -0.2) is 22.6 Å². The third kappa shape index (κ3) is 4.20. The minimum atomic E-state index is -0.332. The van der Waals surface area contributed by atoms with E-state index in [0.29, 0.717) is 0 Å². The first kappa shape index (κ1) is 21.6. The van der Waals surface area contributed by atoms with Crippen molar-refractivity contribution in [2.75, 3.05) is 0 Å². The molecule has 132 valence electrons. The first-order valence-corrected chi connectivity index (χ1v) is 11.7. The zero-order valence-corrected chi connectivity index (χ0v) is 20.4. The van der Waals surface area contributed by atoms with Crippen molar-refractivity contribution in [3.8, 4) is 0 Å². The second-order valence-electron chi connectivity index (χ2n) is 7.22. The van der Waals surface area contributed by atoms with Crippen molar-refractivity contribution in [1.82, 2.24) is 0 Å². The van der Waals surface area contributed by atoms with Crippen LogP contribution in [0.5, 0.6) is 0 Å². The monoisotopic (exact) mass is 702 g/mol. The fourth-order valence-corrected chi connectivity index (χ4v) is 12.9. The van der Waals surface area contributed by atoms with Crippen molar-refractivity contribution >= 4 is 26.5 Å². The van der Waals surface area contributed by atoms with Crippen LogP contribution in [0.2, 0.25) is 0 Å². The zero-order valence-electron chi connectivity index (χ0n) is 14.1. The molecule has 2 heterocycles. The quantitative estimate of drug-likeness (QED) is 0.315. The Hall–Kier alpha value is 1.56. The van der Waals surface area contributed by atoms with Gasteiger partial charge in [-0.3, -0.25) is 0 Å². The molecular weight excluding hydrogens is 672 g/mol. The van der Waals surface area contributed by atoms with Crippen LogP contribution < -0.4 is 10.6 Å². The zero-order chi connectivity index (χ0) is 14.3. The Morgan fingerprint density at radius 2 is 0.909 bits per heavy atom. The van der Waals surface area contributed by atoms with Crippen LogP contribution in [-0.2, 0) is 44.8 Å². The van der Waals surface area contributed by atoms with E-state index in [9.17, 15) is 0 Å². The minimum absolute atomic E-state index is 0. The van der Waals surface area contributed by atoms with E-state index in [1.165, 1.54) is 25.7 Å². The van der Waals surface area contributed by atoms with Gasteiger partial charge in [0.15, 0.2) is 0 Å². The molecule has 0 saturated carbocycles. The molecule has 2 fully saturated rings. The minimum Gasteiger partial charge on any atom is -0.0581 e. The molecule has 0 nitrogen and oxygen atoms in total. The van der Waals surface area contributed by atoms with Crippen molar-refractivity contribution in [2.45, 2.75) is 76.0 Å². The number of hydrogen-bond donors (Lipinski definition) is 0. The molecule has 0 aromatic heterocycles. The molecule has 4 atom stereocenters. The molecule has 0 bridgehead atoms. The summed E-state index contributed by atoms with van der Waals surface area (Å²) in [7, 11) is -0.664. The van der Waals surface area contributed by atoms with Gasteiger partial charge in [-0.25, -0.2) is 0 Å². The van der Waals surface area contributed by atoms with E-state index in [1.807, 2.05) is 10.6 Å². The van der Waals surface area contributed by atoms with E-state index in [-0.39, 0.29) is 60.6 Å². The average Bonchev–Trinajstić information content (AvgIpc) is 2.93. The van der Waals surface area contributed by atoms with E-state index in [1.54, 1.807) is 0 Å². The molecule has 2 radical (unpaired) electrons. The molecule has 1 aromatic rings. The predicted octanol–water partition coefficient (Wildman–Crippen LogP) is 4.50. The normalized spacial score (nSPS) is 32.5. The number of benzene rings is 1. The van der Waals surface area contributed by atoms with Crippen molar-refractivity contribution < 1.29 is 44.8 Å². The van der Waals surface area contributed by atoms with Gasteiger partial charge in [0.1, 0.15) is 10.6 Å². The predicted molar refractivity (Wildman–Crippen MR) is 98.7 cm³/mol. The maximum atomic E-state index is 2.52. The summed E-state index contributed by atoms with van der Waals surface area (Å²) in [6.07, 6.45) is 5.88. The van der Waals surface area contributed by atoms with Crippen molar-refractivity contribution in [1.29, 1.82) is 0 Å². The molecule has 2 saturated heterocycles. The topological polar surface area (TPSA) is 0 Å². The van der Waals surface area contributed by atoms with Crippen LogP contribution in [0.3, 0.4) is 0 Å². The maximum absolute atomic E-state index is 2.52. The summed E-state index contributed by atoms with van der Waals surface area (Å²) in [6, 6.07) is 9.64. The van der Waals surface area contributed by atoms with Gasteiger partial charge in [-0.2, -0.15) is 0 Å². The molecule has 4 heteroatoms. The van der Waals surface area contributed by atoms with Gasteiger partial charge in [0.2, 0.25) is 0 Å². The summed E-state index contributed by atoms with van der Waals surface area (Å²) in [6.45, 7) is 10.1.